The summed E-state index contributed by atoms with van der Waals surface area (Å²) in [6, 6.07) is -0.711. The molecule has 0 rings (SSSR count). The Bertz CT molecular complexity index is 1050. The molecule has 356 valence electrons. The highest BCUT2D eigenvalue weighted by Crippen LogP contribution is 2.18. The van der Waals surface area contributed by atoms with E-state index in [1.807, 2.05) is 0 Å². The van der Waals surface area contributed by atoms with Crippen LogP contribution in [0.25, 0.3) is 0 Å². The molecule has 0 bridgehead atoms. The van der Waals surface area contributed by atoms with Gasteiger partial charge >= 0.3 is 5.97 Å². The number of esters is 1. The van der Waals surface area contributed by atoms with Crippen molar-refractivity contribution >= 4 is 11.9 Å². The van der Waals surface area contributed by atoms with Gasteiger partial charge in [-0.2, -0.15) is 0 Å². The molecule has 0 saturated heterocycles. The van der Waals surface area contributed by atoms with Gasteiger partial charge in [0.05, 0.1) is 25.2 Å². The van der Waals surface area contributed by atoms with Crippen LogP contribution in [0.1, 0.15) is 265 Å². The topological polar surface area (TPSA) is 95.9 Å². The predicted octanol–water partition coefficient (Wildman–Crippen LogP) is 15.8. The first-order valence-corrected chi connectivity index (χ1v) is 26.4. The van der Waals surface area contributed by atoms with Crippen LogP contribution in [0.3, 0.4) is 0 Å². The fraction of sp³-hybridized carbons (Fsp3) is 0.818. The predicted molar refractivity (Wildman–Crippen MR) is 264 cm³/mol. The Kier molecular flexibility index (Phi) is 47.1. The highest BCUT2D eigenvalue weighted by atomic mass is 16.5. The van der Waals surface area contributed by atoms with Crippen LogP contribution in [0.4, 0.5) is 0 Å². The van der Waals surface area contributed by atoms with Crippen LogP contribution >= 0.6 is 0 Å². The van der Waals surface area contributed by atoms with E-state index in [9.17, 15) is 19.8 Å². The number of amides is 1. The van der Waals surface area contributed by atoms with Gasteiger partial charge in [-0.25, -0.2) is 0 Å². The monoisotopic (exact) mass is 856 g/mol. The van der Waals surface area contributed by atoms with Gasteiger partial charge in [0.2, 0.25) is 5.91 Å². The molecule has 61 heavy (non-hydrogen) atoms. The SMILES string of the molecule is CC/C=C/C/C=C/C/C=C/CCCCCCC(CC(=O)NC(CO)C(O)CCCCCCCCCCCCCCCCC)OC(=O)CCCCC/C=C\CCCCCCCC. The lowest BCUT2D eigenvalue weighted by Crippen LogP contribution is -2.46. The molecule has 0 aromatic heterocycles. The molecule has 0 spiro atoms. The van der Waals surface area contributed by atoms with Crippen molar-refractivity contribution < 1.29 is 24.5 Å². The average Bonchev–Trinajstić information content (AvgIpc) is 3.25. The summed E-state index contributed by atoms with van der Waals surface area (Å²) in [5.74, 6) is -0.510. The van der Waals surface area contributed by atoms with Crippen LogP contribution in [0, 0.1) is 0 Å². The largest absolute Gasteiger partial charge is 0.462 e. The second-order valence-corrected chi connectivity index (χ2v) is 17.9. The van der Waals surface area contributed by atoms with E-state index in [4.69, 9.17) is 4.74 Å². The van der Waals surface area contributed by atoms with Crippen molar-refractivity contribution in [2.45, 2.75) is 283 Å². The van der Waals surface area contributed by atoms with Crippen molar-refractivity contribution in [3.63, 3.8) is 0 Å². The zero-order chi connectivity index (χ0) is 44.5. The summed E-state index contributed by atoms with van der Waals surface area (Å²) in [7, 11) is 0. The van der Waals surface area contributed by atoms with Crippen molar-refractivity contribution in [2.24, 2.45) is 0 Å². The second kappa shape index (κ2) is 48.8. The maximum absolute atomic E-state index is 13.2. The third-order valence-electron chi connectivity index (χ3n) is 11.9. The fourth-order valence-electron chi connectivity index (χ4n) is 7.91. The molecule has 0 aliphatic carbocycles. The lowest BCUT2D eigenvalue weighted by Gasteiger charge is -2.24. The van der Waals surface area contributed by atoms with Crippen LogP contribution in [-0.2, 0) is 14.3 Å². The van der Waals surface area contributed by atoms with Crippen LogP contribution < -0.4 is 5.32 Å². The van der Waals surface area contributed by atoms with Crippen LogP contribution in [-0.4, -0.2) is 46.9 Å². The van der Waals surface area contributed by atoms with Gasteiger partial charge in [-0.3, -0.25) is 9.59 Å². The molecule has 0 aromatic rings. The summed E-state index contributed by atoms with van der Waals surface area (Å²) in [5, 5.41) is 23.8. The molecule has 0 fully saturated rings. The van der Waals surface area contributed by atoms with Crippen molar-refractivity contribution in [3.8, 4) is 0 Å². The second-order valence-electron chi connectivity index (χ2n) is 17.9. The molecular formula is C55H101NO5. The first-order chi connectivity index (χ1) is 30.0. The van der Waals surface area contributed by atoms with E-state index in [1.54, 1.807) is 0 Å². The molecule has 3 unspecified atom stereocenters. The number of allylic oxidation sites excluding steroid dienone is 8. The Labute approximate surface area is 378 Å². The summed E-state index contributed by atoms with van der Waals surface area (Å²) in [5.41, 5.74) is 0. The number of aliphatic hydroxyl groups excluding tert-OH is 2. The van der Waals surface area contributed by atoms with E-state index in [1.165, 1.54) is 116 Å². The summed E-state index contributed by atoms with van der Waals surface area (Å²) >= 11 is 0. The van der Waals surface area contributed by atoms with E-state index in [0.717, 1.165) is 103 Å². The standard InChI is InChI=1S/C55H101NO5/c1-4-7-10-13-16-19-22-25-27-30-32-35-38-41-44-47-53(58)52(50-57)56-54(59)49-51(46-43-40-37-34-31-29-26-23-20-17-14-11-8-5-2)61-55(60)48-45-42-39-36-33-28-24-21-18-15-12-9-6-3/h8,11,17,20,26,28-29,33,51-53,57-58H,4-7,9-10,12-16,18-19,21-25,27,30-32,34-50H2,1-3H3,(H,56,59)/b11-8+,20-17+,29-26+,33-28-. The molecule has 0 aromatic carbocycles. The van der Waals surface area contributed by atoms with Gasteiger partial charge in [-0.15, -0.1) is 0 Å². The lowest BCUT2D eigenvalue weighted by atomic mass is 10.0. The minimum atomic E-state index is -0.796. The van der Waals surface area contributed by atoms with Crippen LogP contribution in [0.2, 0.25) is 0 Å². The fourth-order valence-corrected chi connectivity index (χ4v) is 7.91. The lowest BCUT2D eigenvalue weighted by molar-refractivity contribution is -0.151. The van der Waals surface area contributed by atoms with E-state index in [2.05, 4.69) is 74.7 Å². The number of hydrogen-bond donors (Lipinski definition) is 3. The molecule has 0 radical (unpaired) electrons. The quantitative estimate of drug-likeness (QED) is 0.0322. The van der Waals surface area contributed by atoms with Crippen molar-refractivity contribution in [2.75, 3.05) is 6.61 Å². The van der Waals surface area contributed by atoms with E-state index >= 15 is 0 Å². The van der Waals surface area contributed by atoms with Gasteiger partial charge in [-0.1, -0.05) is 217 Å². The third-order valence-corrected chi connectivity index (χ3v) is 11.9. The van der Waals surface area contributed by atoms with Gasteiger partial charge < -0.3 is 20.3 Å². The van der Waals surface area contributed by atoms with Crippen LogP contribution in [0.15, 0.2) is 48.6 Å². The minimum Gasteiger partial charge on any atom is -0.462 e. The highest BCUT2D eigenvalue weighted by Gasteiger charge is 2.24. The van der Waals surface area contributed by atoms with E-state index in [-0.39, 0.29) is 24.9 Å². The number of rotatable bonds is 47. The van der Waals surface area contributed by atoms with E-state index in [0.29, 0.717) is 19.3 Å². The Hall–Kier alpha value is -2.18. The molecule has 3 N–H and O–H groups in total. The van der Waals surface area contributed by atoms with Gasteiger partial charge in [0, 0.05) is 6.42 Å². The normalized spacial score (nSPS) is 13.6. The van der Waals surface area contributed by atoms with Gasteiger partial charge in [-0.05, 0) is 83.5 Å². The minimum absolute atomic E-state index is 0.0573. The zero-order valence-corrected chi connectivity index (χ0v) is 40.5. The number of unbranched alkanes of at least 4 members (excludes halogenated alkanes) is 27. The maximum atomic E-state index is 13.2. The summed E-state index contributed by atoms with van der Waals surface area (Å²) < 4.78 is 5.92. The smallest absolute Gasteiger partial charge is 0.306 e. The number of carbonyl (C=O) groups excluding carboxylic acids is 2. The summed E-state index contributed by atoms with van der Waals surface area (Å²) in [6.45, 7) is 6.37. The van der Waals surface area contributed by atoms with Crippen molar-refractivity contribution in [1.29, 1.82) is 0 Å². The molecule has 1 amide bonds. The molecule has 3 atom stereocenters. The molecule has 0 aliphatic rings. The Morgan fingerprint density at radius 3 is 1.36 bits per heavy atom. The summed E-state index contributed by atoms with van der Waals surface area (Å²) in [4.78, 5) is 26.1. The number of nitrogens with one attached hydrogen (secondary N) is 1. The molecule has 6 heteroatoms. The number of aliphatic hydroxyl groups is 2. The zero-order valence-electron chi connectivity index (χ0n) is 40.5. The molecule has 0 aliphatic heterocycles. The number of hydrogen-bond acceptors (Lipinski definition) is 5. The van der Waals surface area contributed by atoms with Crippen molar-refractivity contribution in [1.82, 2.24) is 5.32 Å². The molecule has 6 nitrogen and oxygen atoms in total. The Balaban J connectivity index is 4.60. The number of ether oxygens (including phenoxy) is 1. The van der Waals surface area contributed by atoms with E-state index < -0.39 is 18.2 Å². The highest BCUT2D eigenvalue weighted by molar-refractivity contribution is 5.77. The molecule has 0 heterocycles. The van der Waals surface area contributed by atoms with Crippen LogP contribution in [0.5, 0.6) is 0 Å². The van der Waals surface area contributed by atoms with Gasteiger partial charge in [0.25, 0.3) is 0 Å². The number of carbonyl (C=O) groups is 2. The van der Waals surface area contributed by atoms with Crippen molar-refractivity contribution in [3.05, 3.63) is 48.6 Å². The first kappa shape index (κ1) is 58.8. The van der Waals surface area contributed by atoms with Gasteiger partial charge in [0.1, 0.15) is 6.10 Å². The Morgan fingerprint density at radius 2 is 0.885 bits per heavy atom. The van der Waals surface area contributed by atoms with Gasteiger partial charge in [0.15, 0.2) is 0 Å². The average molecular weight is 856 g/mol. The first-order valence-electron chi connectivity index (χ1n) is 26.4. The summed E-state index contributed by atoms with van der Waals surface area (Å²) in [6.07, 6.45) is 58.8. The molecular weight excluding hydrogens is 755 g/mol. The Morgan fingerprint density at radius 1 is 0.492 bits per heavy atom. The third kappa shape index (κ3) is 44.2. The maximum Gasteiger partial charge on any atom is 0.306 e. The molecule has 0 saturated carbocycles.